The van der Waals surface area contributed by atoms with Crippen molar-refractivity contribution < 1.29 is 22.9 Å². The fourth-order valence-corrected chi connectivity index (χ4v) is 5.34. The first-order valence-electron chi connectivity index (χ1n) is 9.02. The molecule has 0 bridgehead atoms. The summed E-state index contributed by atoms with van der Waals surface area (Å²) in [6.45, 7) is 2.06. The Balaban J connectivity index is 1.91. The molecule has 10 nitrogen and oxygen atoms in total. The van der Waals surface area contributed by atoms with Crippen LogP contribution < -0.4 is 4.90 Å². The Hall–Kier alpha value is -2.24. The number of anilines is 1. The van der Waals surface area contributed by atoms with E-state index < -0.39 is 26.7 Å². The number of morpholine rings is 1. The molecular weight excluding hydrogens is 388 g/mol. The van der Waals surface area contributed by atoms with Gasteiger partial charge >= 0.3 is 0 Å². The van der Waals surface area contributed by atoms with E-state index >= 15 is 0 Å². The van der Waals surface area contributed by atoms with Crippen LogP contribution in [-0.2, 0) is 14.6 Å². The number of sulfone groups is 1. The fourth-order valence-electron chi connectivity index (χ4n) is 3.65. The molecule has 154 valence electrons. The second-order valence-electron chi connectivity index (χ2n) is 7.11. The predicted octanol–water partition coefficient (Wildman–Crippen LogP) is 0.537. The first kappa shape index (κ1) is 20.5. The summed E-state index contributed by atoms with van der Waals surface area (Å²) in [6, 6.07) is 3.92. The maximum absolute atomic E-state index is 13.1. The number of carbonyl (C=O) groups is 1. The quantitative estimate of drug-likeness (QED) is 0.509. The van der Waals surface area contributed by atoms with E-state index in [4.69, 9.17) is 4.74 Å². The van der Waals surface area contributed by atoms with Crippen molar-refractivity contribution in [2.45, 2.75) is 12.5 Å². The number of nitro benzene ring substituents is 1. The van der Waals surface area contributed by atoms with Crippen molar-refractivity contribution in [3.63, 3.8) is 0 Å². The molecule has 2 aliphatic rings. The molecule has 0 unspecified atom stereocenters. The third-order valence-corrected chi connectivity index (χ3v) is 6.71. The predicted molar refractivity (Wildman–Crippen MR) is 103 cm³/mol. The van der Waals surface area contributed by atoms with Crippen molar-refractivity contribution in [3.8, 4) is 0 Å². The van der Waals surface area contributed by atoms with Crippen molar-refractivity contribution in [2.24, 2.45) is 0 Å². The molecule has 2 heterocycles. The van der Waals surface area contributed by atoms with E-state index in [2.05, 4.69) is 0 Å². The Labute approximate surface area is 163 Å². The first-order chi connectivity index (χ1) is 13.2. The van der Waals surface area contributed by atoms with Gasteiger partial charge in [-0.15, -0.1) is 0 Å². The molecule has 1 amide bonds. The molecule has 0 spiro atoms. The Morgan fingerprint density at radius 1 is 1.29 bits per heavy atom. The maximum atomic E-state index is 13.1. The number of rotatable bonds is 5. The van der Waals surface area contributed by atoms with Gasteiger partial charge in [-0.25, -0.2) is 13.4 Å². The zero-order valence-corrected chi connectivity index (χ0v) is 16.7. The van der Waals surface area contributed by atoms with Gasteiger partial charge in [-0.05, 0) is 18.6 Å². The zero-order valence-electron chi connectivity index (χ0n) is 15.9. The van der Waals surface area contributed by atoms with Crippen LogP contribution in [-0.4, -0.2) is 87.2 Å². The molecule has 2 aliphatic heterocycles. The molecule has 3 rings (SSSR count). The van der Waals surface area contributed by atoms with Crippen molar-refractivity contribution in [3.05, 3.63) is 33.9 Å². The summed E-state index contributed by atoms with van der Waals surface area (Å²) in [4.78, 5) is 26.1. The van der Waals surface area contributed by atoms with E-state index in [1.165, 1.54) is 16.1 Å². The lowest BCUT2D eigenvalue weighted by atomic mass is 10.1. The average Bonchev–Trinajstić information content (AvgIpc) is 3.01. The highest BCUT2D eigenvalue weighted by atomic mass is 32.2. The van der Waals surface area contributed by atoms with Crippen molar-refractivity contribution in [1.82, 2.24) is 10.0 Å². The summed E-state index contributed by atoms with van der Waals surface area (Å²) < 4.78 is 28.9. The van der Waals surface area contributed by atoms with Crippen LogP contribution in [0.1, 0.15) is 16.8 Å². The smallest absolute Gasteiger partial charge is 0.293 e. The van der Waals surface area contributed by atoms with E-state index in [1.807, 2.05) is 4.90 Å². The molecule has 1 atom stereocenters. The SMILES string of the molecule is CN(C)N(C(=O)c1ccc(N2CCOCC2)c([N+](=O)[O-])c1)[C@@H]1CCS(=O)(=O)C1. The van der Waals surface area contributed by atoms with Crippen LogP contribution in [0.4, 0.5) is 11.4 Å². The number of ether oxygens (including phenoxy) is 1. The van der Waals surface area contributed by atoms with Gasteiger partial charge < -0.3 is 9.64 Å². The monoisotopic (exact) mass is 412 g/mol. The van der Waals surface area contributed by atoms with Gasteiger partial charge in [-0.3, -0.25) is 19.9 Å². The van der Waals surface area contributed by atoms with Gasteiger partial charge in [0.05, 0.1) is 35.7 Å². The fraction of sp³-hybridized carbons (Fsp3) is 0.588. The summed E-state index contributed by atoms with van der Waals surface area (Å²) in [6.07, 6.45) is 0.347. The molecular formula is C17H24N4O6S. The molecule has 2 fully saturated rings. The van der Waals surface area contributed by atoms with Crippen LogP contribution in [0, 0.1) is 10.1 Å². The molecule has 1 aromatic carbocycles. The highest BCUT2D eigenvalue weighted by molar-refractivity contribution is 7.91. The average molecular weight is 412 g/mol. The molecule has 0 aromatic heterocycles. The van der Waals surface area contributed by atoms with Crippen LogP contribution in [0.25, 0.3) is 0 Å². The van der Waals surface area contributed by atoms with Gasteiger partial charge in [0.15, 0.2) is 9.84 Å². The van der Waals surface area contributed by atoms with Gasteiger partial charge in [0.1, 0.15) is 5.69 Å². The number of nitrogens with zero attached hydrogens (tertiary/aromatic N) is 4. The first-order valence-corrected chi connectivity index (χ1v) is 10.8. The minimum Gasteiger partial charge on any atom is -0.378 e. The van der Waals surface area contributed by atoms with Crippen LogP contribution >= 0.6 is 0 Å². The van der Waals surface area contributed by atoms with Crippen LogP contribution in [0.3, 0.4) is 0 Å². The van der Waals surface area contributed by atoms with Crippen LogP contribution in [0.15, 0.2) is 18.2 Å². The number of nitro groups is 1. The third-order valence-electron chi connectivity index (χ3n) is 4.96. The van der Waals surface area contributed by atoms with Crippen molar-refractivity contribution in [2.75, 3.05) is 56.8 Å². The number of hydrazine groups is 1. The zero-order chi connectivity index (χ0) is 20.5. The topological polar surface area (TPSA) is 113 Å². The third kappa shape index (κ3) is 4.26. The second-order valence-corrected chi connectivity index (χ2v) is 9.34. The Bertz CT molecular complexity index is 866. The summed E-state index contributed by atoms with van der Waals surface area (Å²) in [5.74, 6) is -0.528. The van der Waals surface area contributed by atoms with E-state index in [9.17, 15) is 23.3 Å². The number of hydrogen-bond donors (Lipinski definition) is 0. The highest BCUT2D eigenvalue weighted by Gasteiger charge is 2.37. The molecule has 0 aliphatic carbocycles. The number of hydrogen-bond acceptors (Lipinski definition) is 8. The molecule has 1 aromatic rings. The van der Waals surface area contributed by atoms with Crippen LogP contribution in [0.2, 0.25) is 0 Å². The van der Waals surface area contributed by atoms with E-state index in [0.717, 1.165) is 0 Å². The van der Waals surface area contributed by atoms with E-state index in [-0.39, 0.29) is 22.8 Å². The van der Waals surface area contributed by atoms with E-state index in [0.29, 0.717) is 38.4 Å². The largest absolute Gasteiger partial charge is 0.378 e. The highest BCUT2D eigenvalue weighted by Crippen LogP contribution is 2.31. The summed E-state index contributed by atoms with van der Waals surface area (Å²) in [5, 5.41) is 14.5. The standard InChI is InChI=1S/C17H24N4O6S/c1-18(2)20(14-5-10-28(25,26)12-14)17(22)13-3-4-15(16(11-13)21(23)24)19-6-8-27-9-7-19/h3-4,11,14H,5-10,12H2,1-2H3/t14-/m1/s1. The van der Waals surface area contributed by atoms with E-state index in [1.54, 1.807) is 26.2 Å². The van der Waals surface area contributed by atoms with Gasteiger partial charge in [-0.1, -0.05) is 0 Å². The van der Waals surface area contributed by atoms with Crippen LogP contribution in [0.5, 0.6) is 0 Å². The van der Waals surface area contributed by atoms with Gasteiger partial charge in [0.25, 0.3) is 11.6 Å². The molecule has 2 saturated heterocycles. The molecule has 0 N–H and O–H groups in total. The summed E-state index contributed by atoms with van der Waals surface area (Å²) in [7, 11) is 0.124. The number of benzene rings is 1. The molecule has 11 heteroatoms. The summed E-state index contributed by atoms with van der Waals surface area (Å²) >= 11 is 0. The minimum absolute atomic E-state index is 0.0331. The lowest BCUT2D eigenvalue weighted by molar-refractivity contribution is -0.384. The number of carbonyl (C=O) groups excluding carboxylic acids is 1. The molecule has 28 heavy (non-hydrogen) atoms. The normalized spacial score (nSPS) is 21.7. The Kier molecular flexibility index (Phi) is 5.87. The maximum Gasteiger partial charge on any atom is 0.293 e. The lowest BCUT2D eigenvalue weighted by Crippen LogP contribution is -2.49. The minimum atomic E-state index is -3.18. The van der Waals surface area contributed by atoms with Gasteiger partial charge in [-0.2, -0.15) is 0 Å². The lowest BCUT2D eigenvalue weighted by Gasteiger charge is -2.34. The van der Waals surface area contributed by atoms with Crippen molar-refractivity contribution >= 4 is 27.1 Å². The second kappa shape index (κ2) is 8.02. The Morgan fingerprint density at radius 3 is 2.50 bits per heavy atom. The van der Waals surface area contributed by atoms with Crippen molar-refractivity contribution in [1.29, 1.82) is 0 Å². The Morgan fingerprint density at radius 2 is 1.96 bits per heavy atom. The summed E-state index contributed by atoms with van der Waals surface area (Å²) in [5.41, 5.74) is 0.455. The van der Waals surface area contributed by atoms with Gasteiger partial charge in [0.2, 0.25) is 0 Å². The van der Waals surface area contributed by atoms with Gasteiger partial charge in [0, 0.05) is 38.8 Å². The number of amides is 1. The molecule has 0 saturated carbocycles. The molecule has 0 radical (unpaired) electrons.